The molecule has 0 aliphatic heterocycles. The Hall–Kier alpha value is -2.24. The van der Waals surface area contributed by atoms with E-state index in [0.29, 0.717) is 13.0 Å². The quantitative estimate of drug-likeness (QED) is 0.548. The lowest BCUT2D eigenvalue weighted by Gasteiger charge is -2.24. The van der Waals surface area contributed by atoms with Gasteiger partial charge in [0.1, 0.15) is 0 Å². The summed E-state index contributed by atoms with van der Waals surface area (Å²) < 4.78 is 1.17. The Bertz CT molecular complexity index is 932. The molecule has 3 aromatic rings. The highest BCUT2D eigenvalue weighted by molar-refractivity contribution is 7.22. The molecule has 3 rings (SSSR count). The van der Waals surface area contributed by atoms with Gasteiger partial charge in [-0.05, 0) is 49.7 Å². The molecule has 0 radical (unpaired) electrons. The van der Waals surface area contributed by atoms with Gasteiger partial charge in [0.2, 0.25) is 5.91 Å². The van der Waals surface area contributed by atoms with E-state index >= 15 is 0 Å². The van der Waals surface area contributed by atoms with Crippen LogP contribution < -0.4 is 4.90 Å². The maximum atomic E-state index is 13.2. The first-order chi connectivity index (χ1) is 13.5. The number of anilines is 1. The van der Waals surface area contributed by atoms with Gasteiger partial charge in [-0.25, -0.2) is 4.98 Å². The Kier molecular flexibility index (Phi) is 6.81. The van der Waals surface area contributed by atoms with Gasteiger partial charge in [-0.3, -0.25) is 9.69 Å². The SMILES string of the molecule is CCN(CC)CCN(C(=O)Cc1ccccc1)c1nc2cc(C)cc(C)c2s1. The minimum absolute atomic E-state index is 0.104. The van der Waals surface area contributed by atoms with Crippen molar-refractivity contribution in [1.29, 1.82) is 0 Å². The van der Waals surface area contributed by atoms with E-state index in [9.17, 15) is 4.79 Å². The highest BCUT2D eigenvalue weighted by Crippen LogP contribution is 2.32. The predicted octanol–water partition coefficient (Wildman–Crippen LogP) is 4.83. The third-order valence-corrected chi connectivity index (χ3v) is 6.30. The van der Waals surface area contributed by atoms with E-state index in [0.717, 1.165) is 35.8 Å². The summed E-state index contributed by atoms with van der Waals surface area (Å²) in [6.45, 7) is 12.0. The van der Waals surface area contributed by atoms with Gasteiger partial charge in [-0.2, -0.15) is 0 Å². The summed E-state index contributed by atoms with van der Waals surface area (Å²) in [6.07, 6.45) is 0.396. The van der Waals surface area contributed by atoms with Crippen molar-refractivity contribution in [3.63, 3.8) is 0 Å². The maximum Gasteiger partial charge on any atom is 0.233 e. The molecule has 0 atom stereocenters. The summed E-state index contributed by atoms with van der Waals surface area (Å²) in [4.78, 5) is 22.3. The molecule has 0 aliphatic rings. The van der Waals surface area contributed by atoms with Crippen LogP contribution in [0.3, 0.4) is 0 Å². The number of likely N-dealkylation sites (N-methyl/N-ethyl adjacent to an activating group) is 1. The fourth-order valence-corrected chi connectivity index (χ4v) is 4.51. The van der Waals surface area contributed by atoms with E-state index in [2.05, 4.69) is 44.7 Å². The van der Waals surface area contributed by atoms with Gasteiger partial charge in [0.15, 0.2) is 5.13 Å². The molecule has 1 aromatic heterocycles. The number of nitrogens with zero attached hydrogens (tertiary/aromatic N) is 3. The number of benzene rings is 2. The fourth-order valence-electron chi connectivity index (χ4n) is 3.45. The summed E-state index contributed by atoms with van der Waals surface area (Å²) in [5.41, 5.74) is 4.44. The Morgan fingerprint density at radius 1 is 1.04 bits per heavy atom. The number of thiazole rings is 1. The van der Waals surface area contributed by atoms with E-state index in [1.807, 2.05) is 35.2 Å². The first-order valence-corrected chi connectivity index (χ1v) is 10.8. The lowest BCUT2D eigenvalue weighted by atomic mass is 10.1. The average Bonchev–Trinajstić information content (AvgIpc) is 3.10. The molecule has 0 bridgehead atoms. The van der Waals surface area contributed by atoms with E-state index in [-0.39, 0.29) is 5.91 Å². The molecule has 0 saturated heterocycles. The van der Waals surface area contributed by atoms with Gasteiger partial charge in [-0.15, -0.1) is 0 Å². The first kappa shape index (κ1) is 20.5. The summed E-state index contributed by atoms with van der Waals surface area (Å²) in [5.74, 6) is 0.104. The second-order valence-corrected chi connectivity index (χ2v) is 8.14. The number of aryl methyl sites for hydroxylation is 2. The molecule has 1 heterocycles. The highest BCUT2D eigenvalue weighted by atomic mass is 32.1. The Balaban J connectivity index is 1.91. The normalized spacial score (nSPS) is 11.3. The average molecular weight is 396 g/mol. The molecule has 28 heavy (non-hydrogen) atoms. The number of hydrogen-bond acceptors (Lipinski definition) is 4. The van der Waals surface area contributed by atoms with Crippen LogP contribution in [0.25, 0.3) is 10.2 Å². The van der Waals surface area contributed by atoms with Crippen molar-refractivity contribution >= 4 is 32.6 Å². The predicted molar refractivity (Wildman–Crippen MR) is 119 cm³/mol. The molecule has 0 fully saturated rings. The maximum absolute atomic E-state index is 13.2. The lowest BCUT2D eigenvalue weighted by molar-refractivity contribution is -0.118. The summed E-state index contributed by atoms with van der Waals surface area (Å²) in [6, 6.07) is 14.2. The monoisotopic (exact) mass is 395 g/mol. The highest BCUT2D eigenvalue weighted by Gasteiger charge is 2.21. The minimum atomic E-state index is 0.104. The van der Waals surface area contributed by atoms with Crippen LogP contribution in [0.4, 0.5) is 5.13 Å². The van der Waals surface area contributed by atoms with Crippen molar-refractivity contribution < 1.29 is 4.79 Å². The lowest BCUT2D eigenvalue weighted by Crippen LogP contribution is -2.39. The largest absolute Gasteiger partial charge is 0.302 e. The smallest absolute Gasteiger partial charge is 0.233 e. The number of hydrogen-bond donors (Lipinski definition) is 0. The first-order valence-electron chi connectivity index (χ1n) is 9.96. The van der Waals surface area contributed by atoms with Gasteiger partial charge in [0.05, 0.1) is 16.6 Å². The van der Waals surface area contributed by atoms with Gasteiger partial charge in [0, 0.05) is 13.1 Å². The number of carbonyl (C=O) groups excluding carboxylic acids is 1. The number of fused-ring (bicyclic) bond motifs is 1. The third-order valence-electron chi connectivity index (χ3n) is 5.07. The fraction of sp³-hybridized carbons (Fsp3) is 0.391. The van der Waals surface area contributed by atoms with Crippen LogP contribution in [0.2, 0.25) is 0 Å². The van der Waals surface area contributed by atoms with Crippen molar-refractivity contribution in [3.8, 4) is 0 Å². The van der Waals surface area contributed by atoms with E-state index in [1.165, 1.54) is 15.8 Å². The van der Waals surface area contributed by atoms with Gasteiger partial charge >= 0.3 is 0 Å². The molecule has 0 N–H and O–H groups in total. The summed E-state index contributed by atoms with van der Waals surface area (Å²) in [7, 11) is 0. The van der Waals surface area contributed by atoms with Crippen LogP contribution in [0.1, 0.15) is 30.5 Å². The molecule has 1 amide bonds. The van der Waals surface area contributed by atoms with Crippen LogP contribution in [-0.2, 0) is 11.2 Å². The Morgan fingerprint density at radius 3 is 2.43 bits per heavy atom. The van der Waals surface area contributed by atoms with Gasteiger partial charge < -0.3 is 4.90 Å². The van der Waals surface area contributed by atoms with Crippen LogP contribution in [0.5, 0.6) is 0 Å². The molecule has 0 unspecified atom stereocenters. The molecule has 0 aliphatic carbocycles. The molecular formula is C23H29N3OS. The van der Waals surface area contributed by atoms with Crippen LogP contribution in [-0.4, -0.2) is 42.0 Å². The Labute approximate surface area is 171 Å². The molecule has 0 saturated carbocycles. The van der Waals surface area contributed by atoms with Crippen molar-refractivity contribution in [3.05, 3.63) is 59.2 Å². The van der Waals surface area contributed by atoms with E-state index in [1.54, 1.807) is 11.3 Å². The number of carbonyl (C=O) groups is 1. The standard InChI is InChI=1S/C23H29N3OS/c1-5-25(6-2)12-13-26(21(27)16-19-10-8-7-9-11-19)23-24-20-15-17(3)14-18(4)22(20)28-23/h7-11,14-15H,5-6,12-13,16H2,1-4H3. The zero-order valence-corrected chi connectivity index (χ0v) is 18.1. The van der Waals surface area contributed by atoms with Crippen LogP contribution in [0, 0.1) is 13.8 Å². The van der Waals surface area contributed by atoms with Crippen molar-refractivity contribution in [2.24, 2.45) is 0 Å². The minimum Gasteiger partial charge on any atom is -0.302 e. The van der Waals surface area contributed by atoms with Crippen LogP contribution in [0.15, 0.2) is 42.5 Å². The number of aromatic nitrogens is 1. The van der Waals surface area contributed by atoms with E-state index in [4.69, 9.17) is 4.98 Å². The molecular weight excluding hydrogens is 366 g/mol. The number of amides is 1. The van der Waals surface area contributed by atoms with Gasteiger partial charge in [0.25, 0.3) is 0 Å². The van der Waals surface area contributed by atoms with E-state index < -0.39 is 0 Å². The number of rotatable bonds is 8. The summed E-state index contributed by atoms with van der Waals surface area (Å²) >= 11 is 1.62. The van der Waals surface area contributed by atoms with Gasteiger partial charge in [-0.1, -0.05) is 61.6 Å². The van der Waals surface area contributed by atoms with Crippen LogP contribution >= 0.6 is 11.3 Å². The Morgan fingerprint density at radius 2 is 1.75 bits per heavy atom. The third kappa shape index (κ3) is 4.78. The second kappa shape index (κ2) is 9.30. The molecule has 2 aromatic carbocycles. The molecule has 148 valence electrons. The molecule has 4 nitrogen and oxygen atoms in total. The van der Waals surface area contributed by atoms with Crippen molar-refractivity contribution in [1.82, 2.24) is 9.88 Å². The van der Waals surface area contributed by atoms with Crippen molar-refractivity contribution in [2.75, 3.05) is 31.1 Å². The van der Waals surface area contributed by atoms with Crippen molar-refractivity contribution in [2.45, 2.75) is 34.1 Å². The molecule has 0 spiro atoms. The zero-order valence-electron chi connectivity index (χ0n) is 17.2. The zero-order chi connectivity index (χ0) is 20.1. The second-order valence-electron chi connectivity index (χ2n) is 7.16. The topological polar surface area (TPSA) is 36.4 Å². The summed E-state index contributed by atoms with van der Waals surface area (Å²) in [5, 5.41) is 0.803. The molecule has 5 heteroatoms.